The number of aryl methyl sites for hydroxylation is 1. The average molecular weight is 369 g/mol. The predicted molar refractivity (Wildman–Crippen MR) is 103 cm³/mol. The Morgan fingerprint density at radius 3 is 2.74 bits per heavy atom. The van der Waals surface area contributed by atoms with Crippen LogP contribution >= 0.6 is 0 Å². The van der Waals surface area contributed by atoms with E-state index in [-0.39, 0.29) is 11.2 Å². The Morgan fingerprint density at radius 1 is 1.19 bits per heavy atom. The molecule has 1 saturated heterocycles. The van der Waals surface area contributed by atoms with Gasteiger partial charge in [-0.3, -0.25) is 18.6 Å². The van der Waals surface area contributed by atoms with Gasteiger partial charge < -0.3 is 10.1 Å². The summed E-state index contributed by atoms with van der Waals surface area (Å²) in [5.41, 5.74) is 1.94. The van der Waals surface area contributed by atoms with Crippen molar-refractivity contribution in [2.75, 3.05) is 18.5 Å². The Balaban J connectivity index is 1.53. The fourth-order valence-electron chi connectivity index (χ4n) is 3.52. The van der Waals surface area contributed by atoms with E-state index in [1.807, 2.05) is 23.0 Å². The van der Waals surface area contributed by atoms with E-state index in [1.165, 1.54) is 11.6 Å². The van der Waals surface area contributed by atoms with E-state index in [4.69, 9.17) is 4.74 Å². The van der Waals surface area contributed by atoms with Crippen LogP contribution in [-0.4, -0.2) is 32.1 Å². The molecule has 1 N–H and O–H groups in total. The fourth-order valence-corrected chi connectivity index (χ4v) is 3.52. The van der Waals surface area contributed by atoms with Gasteiger partial charge in [0.15, 0.2) is 0 Å². The van der Waals surface area contributed by atoms with E-state index in [0.717, 1.165) is 41.9 Å². The Hall–Kier alpha value is -2.87. The molecule has 0 unspecified atom stereocenters. The van der Waals surface area contributed by atoms with Crippen LogP contribution in [0.2, 0.25) is 0 Å². The minimum atomic E-state index is -0.331. The van der Waals surface area contributed by atoms with Gasteiger partial charge in [0.05, 0.1) is 23.1 Å². The lowest BCUT2D eigenvalue weighted by Gasteiger charge is -2.22. The maximum Gasteiger partial charge on any atom is 0.330 e. The third kappa shape index (κ3) is 3.28. The van der Waals surface area contributed by atoms with Gasteiger partial charge in [0.25, 0.3) is 5.56 Å². The highest BCUT2D eigenvalue weighted by atomic mass is 16.5. The normalized spacial score (nSPS) is 15.3. The minimum absolute atomic E-state index is 0.280. The number of aromatic nitrogens is 4. The summed E-state index contributed by atoms with van der Waals surface area (Å²) in [5.74, 6) is 0. The summed E-state index contributed by atoms with van der Waals surface area (Å²) in [6.07, 6.45) is 5.91. The highest BCUT2D eigenvalue weighted by Crippen LogP contribution is 2.21. The molecule has 1 fully saturated rings. The van der Waals surface area contributed by atoms with Gasteiger partial charge >= 0.3 is 5.69 Å². The maximum absolute atomic E-state index is 12.3. The average Bonchev–Trinajstić information content (AvgIpc) is 3.19. The molecular formula is C19H23N5O3. The molecule has 0 atom stereocenters. The summed E-state index contributed by atoms with van der Waals surface area (Å²) in [6.45, 7) is 2.19. The first-order valence-corrected chi connectivity index (χ1v) is 9.09. The molecule has 142 valence electrons. The Morgan fingerprint density at radius 2 is 1.96 bits per heavy atom. The molecule has 3 aromatic rings. The predicted octanol–water partition coefficient (Wildman–Crippen LogP) is 1.40. The zero-order chi connectivity index (χ0) is 19.0. The molecule has 0 aliphatic carbocycles. The number of anilines is 1. The maximum atomic E-state index is 12.3. The van der Waals surface area contributed by atoms with Crippen molar-refractivity contribution in [2.24, 2.45) is 14.1 Å². The number of ether oxygens (including phenoxy) is 1. The first kappa shape index (κ1) is 17.5. The number of rotatable bonds is 4. The van der Waals surface area contributed by atoms with Gasteiger partial charge in [0.1, 0.15) is 0 Å². The molecule has 0 spiro atoms. The van der Waals surface area contributed by atoms with Crippen molar-refractivity contribution in [3.8, 4) is 0 Å². The third-order valence-corrected chi connectivity index (χ3v) is 5.18. The summed E-state index contributed by atoms with van der Waals surface area (Å²) in [4.78, 5) is 24.4. The lowest BCUT2D eigenvalue weighted by molar-refractivity contribution is 0.0662. The second-order valence-electron chi connectivity index (χ2n) is 6.96. The highest BCUT2D eigenvalue weighted by Gasteiger charge is 2.16. The van der Waals surface area contributed by atoms with Crippen molar-refractivity contribution in [2.45, 2.75) is 25.4 Å². The quantitative estimate of drug-likeness (QED) is 0.752. The van der Waals surface area contributed by atoms with Gasteiger partial charge in [-0.25, -0.2) is 4.79 Å². The monoisotopic (exact) mass is 369 g/mol. The molecule has 1 aliphatic heterocycles. The van der Waals surface area contributed by atoms with Crippen LogP contribution in [0.4, 0.5) is 5.69 Å². The van der Waals surface area contributed by atoms with E-state index >= 15 is 0 Å². The molecule has 8 heteroatoms. The van der Waals surface area contributed by atoms with Gasteiger partial charge in [-0.05, 0) is 31.0 Å². The van der Waals surface area contributed by atoms with Crippen LogP contribution < -0.4 is 16.6 Å². The van der Waals surface area contributed by atoms with Gasteiger partial charge in [0.2, 0.25) is 0 Å². The smallest absolute Gasteiger partial charge is 0.330 e. The minimum Gasteiger partial charge on any atom is -0.381 e. The van der Waals surface area contributed by atoms with E-state index < -0.39 is 0 Å². The number of nitrogens with zero attached hydrogens (tertiary/aromatic N) is 4. The number of nitrogens with one attached hydrogen (secondary N) is 1. The van der Waals surface area contributed by atoms with Gasteiger partial charge in [0, 0.05) is 51.3 Å². The lowest BCUT2D eigenvalue weighted by Crippen LogP contribution is -2.36. The number of benzene rings is 1. The van der Waals surface area contributed by atoms with Crippen LogP contribution in [0.3, 0.4) is 0 Å². The van der Waals surface area contributed by atoms with Crippen molar-refractivity contribution >= 4 is 16.6 Å². The molecule has 1 aromatic carbocycles. The largest absolute Gasteiger partial charge is 0.381 e. The van der Waals surface area contributed by atoms with Crippen LogP contribution in [-0.2, 0) is 25.4 Å². The molecule has 27 heavy (non-hydrogen) atoms. The van der Waals surface area contributed by atoms with Crippen LogP contribution in [0.1, 0.15) is 24.4 Å². The van der Waals surface area contributed by atoms with Gasteiger partial charge in [-0.15, -0.1) is 0 Å². The van der Waals surface area contributed by atoms with Crippen LogP contribution in [0.5, 0.6) is 0 Å². The fraction of sp³-hybridized carbons (Fsp3) is 0.421. The van der Waals surface area contributed by atoms with Crippen LogP contribution in [0, 0.1) is 0 Å². The first-order valence-electron chi connectivity index (χ1n) is 9.09. The molecule has 2 aromatic heterocycles. The topological polar surface area (TPSA) is 83.1 Å². The Labute approximate surface area is 156 Å². The summed E-state index contributed by atoms with van der Waals surface area (Å²) in [6, 6.07) is 5.85. The number of hydrogen-bond acceptors (Lipinski definition) is 5. The van der Waals surface area contributed by atoms with Crippen LogP contribution in [0.25, 0.3) is 10.9 Å². The van der Waals surface area contributed by atoms with Crippen molar-refractivity contribution in [3.63, 3.8) is 0 Å². The van der Waals surface area contributed by atoms with Crippen molar-refractivity contribution in [3.05, 3.63) is 57.0 Å². The standard InChI is InChI=1S/C19H23N5O3/c1-22-17-9-14(3-4-16(17)18(25)23(2)19(22)26)20-10-13-11-21-24(12-13)15-5-7-27-8-6-15/h3-4,9,11-12,15,20H,5-8,10H2,1-2H3. The molecule has 0 amide bonds. The van der Waals surface area contributed by atoms with Crippen molar-refractivity contribution in [1.82, 2.24) is 18.9 Å². The van der Waals surface area contributed by atoms with E-state index in [9.17, 15) is 9.59 Å². The van der Waals surface area contributed by atoms with E-state index in [0.29, 0.717) is 23.5 Å². The molecule has 8 nitrogen and oxygen atoms in total. The second kappa shape index (κ2) is 7.03. The molecular weight excluding hydrogens is 346 g/mol. The van der Waals surface area contributed by atoms with Gasteiger partial charge in [-0.2, -0.15) is 5.10 Å². The third-order valence-electron chi connectivity index (χ3n) is 5.18. The van der Waals surface area contributed by atoms with E-state index in [1.54, 1.807) is 13.1 Å². The SMILES string of the molecule is Cn1c(=O)c2ccc(NCc3cnn(C4CCOCC4)c3)cc2n(C)c1=O. The number of hydrogen-bond donors (Lipinski definition) is 1. The van der Waals surface area contributed by atoms with Crippen LogP contribution in [0.15, 0.2) is 40.2 Å². The molecule has 4 rings (SSSR count). The molecule has 0 radical (unpaired) electrons. The van der Waals surface area contributed by atoms with Crippen molar-refractivity contribution in [1.29, 1.82) is 0 Å². The summed E-state index contributed by atoms with van der Waals surface area (Å²) in [5, 5.41) is 8.35. The molecule has 3 heterocycles. The van der Waals surface area contributed by atoms with Crippen molar-refractivity contribution < 1.29 is 4.74 Å². The molecule has 1 aliphatic rings. The molecule has 0 bridgehead atoms. The molecule has 0 saturated carbocycles. The van der Waals surface area contributed by atoms with Gasteiger partial charge in [-0.1, -0.05) is 0 Å². The first-order chi connectivity index (χ1) is 13.0. The zero-order valence-electron chi connectivity index (χ0n) is 15.5. The highest BCUT2D eigenvalue weighted by molar-refractivity contribution is 5.81. The Bertz CT molecular complexity index is 1090. The number of fused-ring (bicyclic) bond motifs is 1. The Kier molecular flexibility index (Phi) is 4.57. The summed E-state index contributed by atoms with van der Waals surface area (Å²) < 4.78 is 10.0. The lowest BCUT2D eigenvalue weighted by atomic mass is 10.1. The second-order valence-corrected chi connectivity index (χ2v) is 6.96. The zero-order valence-corrected chi connectivity index (χ0v) is 15.5. The van der Waals surface area contributed by atoms with E-state index in [2.05, 4.69) is 16.6 Å². The summed E-state index contributed by atoms with van der Waals surface area (Å²) >= 11 is 0. The summed E-state index contributed by atoms with van der Waals surface area (Å²) in [7, 11) is 3.16.